The van der Waals surface area contributed by atoms with Crippen LogP contribution in [0.25, 0.3) is 5.69 Å². The van der Waals surface area contributed by atoms with Crippen LogP contribution in [-0.2, 0) is 13.6 Å². The third-order valence-corrected chi connectivity index (χ3v) is 5.57. The Balaban J connectivity index is 1.50. The zero-order valence-corrected chi connectivity index (χ0v) is 16.1. The highest BCUT2D eigenvalue weighted by Gasteiger charge is 2.22. The molecule has 0 N–H and O–H groups in total. The second-order valence-corrected chi connectivity index (χ2v) is 7.21. The number of para-hydroxylation sites is 2. The zero-order valence-electron chi connectivity index (χ0n) is 15.4. The summed E-state index contributed by atoms with van der Waals surface area (Å²) in [4.78, 5) is 17.4. The van der Waals surface area contributed by atoms with Gasteiger partial charge in [-0.1, -0.05) is 48.0 Å². The van der Waals surface area contributed by atoms with Crippen LogP contribution in [0.15, 0.2) is 65.5 Å². The molecule has 0 radical (unpaired) electrons. The standard InChI is InChI=1S/C21H23ClN4O/c1-23-19(20(22)21(27)26(23)18-10-6-3-7-11-18)16-24-12-14-25(15-13-24)17-8-4-2-5-9-17/h2-11H,12-16H2,1H3. The maximum absolute atomic E-state index is 12.7. The molecule has 0 atom stereocenters. The summed E-state index contributed by atoms with van der Waals surface area (Å²) in [6.45, 7) is 4.49. The van der Waals surface area contributed by atoms with E-state index in [1.54, 1.807) is 4.68 Å². The normalized spacial score (nSPS) is 15.3. The number of halogens is 1. The molecule has 6 heteroatoms. The number of rotatable bonds is 4. The van der Waals surface area contributed by atoms with E-state index in [1.807, 2.05) is 48.1 Å². The number of hydrogen-bond acceptors (Lipinski definition) is 3. The quantitative estimate of drug-likeness (QED) is 0.695. The minimum atomic E-state index is -0.164. The van der Waals surface area contributed by atoms with Gasteiger partial charge in [0.05, 0.1) is 11.4 Å². The monoisotopic (exact) mass is 382 g/mol. The van der Waals surface area contributed by atoms with Crippen LogP contribution in [0.4, 0.5) is 5.69 Å². The summed E-state index contributed by atoms with van der Waals surface area (Å²) in [7, 11) is 1.90. The lowest BCUT2D eigenvalue weighted by molar-refractivity contribution is 0.243. The summed E-state index contributed by atoms with van der Waals surface area (Å²) in [5.41, 5.74) is 2.78. The molecule has 0 spiro atoms. The summed E-state index contributed by atoms with van der Waals surface area (Å²) in [5.74, 6) is 0. The van der Waals surface area contributed by atoms with Crippen molar-refractivity contribution in [3.8, 4) is 5.69 Å². The third kappa shape index (κ3) is 3.53. The molecule has 0 saturated carbocycles. The number of aromatic nitrogens is 2. The van der Waals surface area contributed by atoms with Crippen molar-refractivity contribution in [1.82, 2.24) is 14.3 Å². The first-order valence-corrected chi connectivity index (χ1v) is 9.57. The van der Waals surface area contributed by atoms with E-state index in [4.69, 9.17) is 11.6 Å². The van der Waals surface area contributed by atoms with Crippen molar-refractivity contribution in [3.63, 3.8) is 0 Å². The lowest BCUT2D eigenvalue weighted by atomic mass is 10.2. The first kappa shape index (κ1) is 17.9. The molecule has 2 aromatic carbocycles. The van der Waals surface area contributed by atoms with Crippen LogP contribution in [-0.4, -0.2) is 40.4 Å². The molecule has 4 rings (SSSR count). The van der Waals surface area contributed by atoms with E-state index >= 15 is 0 Å². The fourth-order valence-electron chi connectivity index (χ4n) is 3.66. The summed E-state index contributed by atoms with van der Waals surface area (Å²) >= 11 is 6.42. The molecule has 3 aromatic rings. The topological polar surface area (TPSA) is 33.4 Å². The van der Waals surface area contributed by atoms with Crippen LogP contribution in [0.2, 0.25) is 5.02 Å². The number of piperazine rings is 1. The van der Waals surface area contributed by atoms with E-state index in [1.165, 1.54) is 5.69 Å². The van der Waals surface area contributed by atoms with Gasteiger partial charge in [-0.3, -0.25) is 14.4 Å². The highest BCUT2D eigenvalue weighted by Crippen LogP contribution is 2.20. The predicted molar refractivity (Wildman–Crippen MR) is 110 cm³/mol. The minimum absolute atomic E-state index is 0.164. The van der Waals surface area contributed by atoms with Crippen molar-refractivity contribution < 1.29 is 0 Å². The van der Waals surface area contributed by atoms with Crippen molar-refractivity contribution in [2.45, 2.75) is 6.54 Å². The minimum Gasteiger partial charge on any atom is -0.369 e. The molecule has 1 aromatic heterocycles. The maximum atomic E-state index is 12.7. The number of benzene rings is 2. The van der Waals surface area contributed by atoms with Crippen molar-refractivity contribution in [3.05, 3.63) is 81.7 Å². The van der Waals surface area contributed by atoms with Gasteiger partial charge in [-0.15, -0.1) is 0 Å². The number of anilines is 1. The van der Waals surface area contributed by atoms with Gasteiger partial charge in [0.15, 0.2) is 0 Å². The van der Waals surface area contributed by atoms with Gasteiger partial charge in [0.1, 0.15) is 5.02 Å². The first-order valence-electron chi connectivity index (χ1n) is 9.19. The second kappa shape index (κ2) is 7.62. The van der Waals surface area contributed by atoms with Gasteiger partial charge in [-0.2, -0.15) is 0 Å². The molecule has 27 heavy (non-hydrogen) atoms. The fourth-order valence-corrected chi connectivity index (χ4v) is 3.92. The summed E-state index contributed by atoms with van der Waals surface area (Å²) in [5, 5.41) is 0.312. The SMILES string of the molecule is Cn1c(CN2CCN(c3ccccc3)CC2)c(Cl)c(=O)n1-c1ccccc1. The smallest absolute Gasteiger partial charge is 0.290 e. The zero-order chi connectivity index (χ0) is 18.8. The van der Waals surface area contributed by atoms with Crippen LogP contribution < -0.4 is 10.5 Å². The molecule has 0 unspecified atom stereocenters. The van der Waals surface area contributed by atoms with Crippen LogP contribution in [0.1, 0.15) is 5.69 Å². The molecule has 1 fully saturated rings. The van der Waals surface area contributed by atoms with E-state index in [0.29, 0.717) is 11.6 Å². The summed E-state index contributed by atoms with van der Waals surface area (Å²) < 4.78 is 3.52. The second-order valence-electron chi connectivity index (χ2n) is 6.84. The Morgan fingerprint density at radius 3 is 2.00 bits per heavy atom. The van der Waals surface area contributed by atoms with E-state index in [2.05, 4.69) is 34.1 Å². The lowest BCUT2D eigenvalue weighted by Crippen LogP contribution is -2.46. The average molecular weight is 383 g/mol. The van der Waals surface area contributed by atoms with Gasteiger partial charge in [0.2, 0.25) is 0 Å². The highest BCUT2D eigenvalue weighted by molar-refractivity contribution is 6.31. The Morgan fingerprint density at radius 2 is 1.41 bits per heavy atom. The van der Waals surface area contributed by atoms with Gasteiger partial charge in [-0.05, 0) is 24.3 Å². The van der Waals surface area contributed by atoms with E-state index in [9.17, 15) is 4.79 Å². The molecule has 0 aliphatic carbocycles. The molecule has 1 aliphatic heterocycles. The van der Waals surface area contributed by atoms with Crippen LogP contribution >= 0.6 is 11.6 Å². The van der Waals surface area contributed by atoms with Gasteiger partial charge in [0.25, 0.3) is 5.56 Å². The molecule has 140 valence electrons. The Hall–Kier alpha value is -2.50. The maximum Gasteiger partial charge on any atom is 0.290 e. The van der Waals surface area contributed by atoms with Crippen molar-refractivity contribution in [2.24, 2.45) is 7.05 Å². The van der Waals surface area contributed by atoms with Crippen molar-refractivity contribution in [1.29, 1.82) is 0 Å². The van der Waals surface area contributed by atoms with Crippen molar-refractivity contribution in [2.75, 3.05) is 31.1 Å². The molecule has 1 saturated heterocycles. The first-order chi connectivity index (χ1) is 13.1. The van der Waals surface area contributed by atoms with Gasteiger partial charge in [0, 0.05) is 45.5 Å². The van der Waals surface area contributed by atoms with E-state index in [0.717, 1.165) is 37.6 Å². The molecule has 5 nitrogen and oxygen atoms in total. The third-order valence-electron chi connectivity index (χ3n) is 5.19. The number of nitrogens with zero attached hydrogens (tertiary/aromatic N) is 4. The fraction of sp³-hybridized carbons (Fsp3) is 0.286. The molecular weight excluding hydrogens is 360 g/mol. The van der Waals surface area contributed by atoms with Crippen LogP contribution in [0.3, 0.4) is 0 Å². The van der Waals surface area contributed by atoms with E-state index in [-0.39, 0.29) is 5.56 Å². The molecule has 1 aliphatic rings. The lowest BCUT2D eigenvalue weighted by Gasteiger charge is -2.36. The molecule has 0 amide bonds. The largest absolute Gasteiger partial charge is 0.369 e. The highest BCUT2D eigenvalue weighted by atomic mass is 35.5. The molecule has 2 heterocycles. The Bertz CT molecular complexity index is 957. The molecule has 0 bridgehead atoms. The number of hydrogen-bond donors (Lipinski definition) is 0. The van der Waals surface area contributed by atoms with Gasteiger partial charge >= 0.3 is 0 Å². The predicted octanol–water partition coefficient (Wildman–Crippen LogP) is 3.15. The Labute approximate surface area is 164 Å². The summed E-state index contributed by atoms with van der Waals surface area (Å²) in [6, 6.07) is 20.1. The average Bonchev–Trinajstić information content (AvgIpc) is 2.93. The van der Waals surface area contributed by atoms with Gasteiger partial charge in [-0.25, -0.2) is 4.68 Å². The van der Waals surface area contributed by atoms with Crippen LogP contribution in [0, 0.1) is 0 Å². The van der Waals surface area contributed by atoms with E-state index < -0.39 is 0 Å². The van der Waals surface area contributed by atoms with Crippen LogP contribution in [0.5, 0.6) is 0 Å². The van der Waals surface area contributed by atoms with Gasteiger partial charge < -0.3 is 4.90 Å². The Morgan fingerprint density at radius 1 is 0.852 bits per heavy atom. The Kier molecular flexibility index (Phi) is 5.05. The molecular formula is C21H23ClN4O. The van der Waals surface area contributed by atoms with Crippen molar-refractivity contribution >= 4 is 17.3 Å². The summed E-state index contributed by atoms with van der Waals surface area (Å²) in [6.07, 6.45) is 0.